The van der Waals surface area contributed by atoms with Crippen molar-refractivity contribution in [1.82, 2.24) is 0 Å². The zero-order valence-electron chi connectivity index (χ0n) is 53.1. The minimum absolute atomic E-state index is 0.148. The van der Waals surface area contributed by atoms with Crippen LogP contribution in [0.1, 0.15) is 291 Å². The van der Waals surface area contributed by atoms with Crippen LogP contribution in [-0.4, -0.2) is 11.7 Å². The molecule has 76 heavy (non-hydrogen) atoms. The number of rotatable bonds is 43. The maximum absolute atomic E-state index is 9.02. The fraction of sp³-hybridized carbons (Fsp3) is 0.600. The van der Waals surface area contributed by atoms with Gasteiger partial charge in [-0.2, -0.15) is 0 Å². The van der Waals surface area contributed by atoms with Crippen molar-refractivity contribution in [1.29, 1.82) is 0 Å². The quantitative estimate of drug-likeness (QED) is 0.0604. The number of allylic oxidation sites excluding steroid dienone is 29. The molecule has 0 fully saturated rings. The molecule has 0 saturated heterocycles. The molecule has 0 spiro atoms. The normalized spacial score (nSPS) is 15.2. The lowest BCUT2D eigenvalue weighted by atomic mass is 10.0. The first-order valence-corrected chi connectivity index (χ1v) is 30.7. The predicted octanol–water partition coefficient (Wildman–Crippen LogP) is 25.1. The molecular formula is C75H122O. The van der Waals surface area contributed by atoms with Gasteiger partial charge in [0.05, 0.1) is 6.61 Å². The Kier molecular flexibility index (Phi) is 45.7. The van der Waals surface area contributed by atoms with Crippen LogP contribution in [-0.2, 0) is 0 Å². The van der Waals surface area contributed by atoms with Crippen molar-refractivity contribution in [2.24, 2.45) is 0 Å². The summed E-state index contributed by atoms with van der Waals surface area (Å²) in [5, 5.41) is 9.02. The highest BCUT2D eigenvalue weighted by atomic mass is 16.2. The molecule has 0 aliphatic heterocycles. The third-order valence-electron chi connectivity index (χ3n) is 14.9. The van der Waals surface area contributed by atoms with E-state index in [4.69, 9.17) is 5.11 Å². The molecule has 0 atom stereocenters. The SMILES string of the molecule is CC(C)=CCCC(C)=CCCC(C)=CCCC(C)=CCCC(C)=CCCC(C)=CCCC(C)=CCCC(C)=CCCC(C)=CCCC(C)=CCCC(C)=CCCC(C)=CCCC(C)=CCCC(C)=CCCC(C)=CCO. The van der Waals surface area contributed by atoms with Crippen molar-refractivity contribution in [3.8, 4) is 0 Å². The minimum atomic E-state index is 0.148. The minimum Gasteiger partial charge on any atom is -0.392 e. The van der Waals surface area contributed by atoms with Gasteiger partial charge in [0.15, 0.2) is 0 Å². The molecular weight excluding hydrogens is 917 g/mol. The summed E-state index contributed by atoms with van der Waals surface area (Å²) in [6, 6.07) is 0. The van der Waals surface area contributed by atoms with Gasteiger partial charge in [0.2, 0.25) is 0 Å². The van der Waals surface area contributed by atoms with Crippen LogP contribution in [0.5, 0.6) is 0 Å². The number of aliphatic hydroxyl groups excluding tert-OH is 1. The molecule has 1 heteroatoms. The monoisotopic (exact) mass is 1040 g/mol. The summed E-state index contributed by atoms with van der Waals surface area (Å²) in [7, 11) is 0. The molecule has 0 unspecified atom stereocenters. The van der Waals surface area contributed by atoms with E-state index < -0.39 is 0 Å². The van der Waals surface area contributed by atoms with E-state index in [1.165, 1.54) is 161 Å². The van der Waals surface area contributed by atoms with Crippen LogP contribution in [0.15, 0.2) is 175 Å². The van der Waals surface area contributed by atoms with Crippen molar-refractivity contribution in [3.63, 3.8) is 0 Å². The molecule has 0 rings (SSSR count). The van der Waals surface area contributed by atoms with Gasteiger partial charge >= 0.3 is 0 Å². The molecule has 1 N–H and O–H groups in total. The van der Waals surface area contributed by atoms with Crippen LogP contribution in [0.4, 0.5) is 0 Å². The molecule has 0 saturated carbocycles. The first-order valence-electron chi connectivity index (χ1n) is 30.7. The van der Waals surface area contributed by atoms with Crippen LogP contribution >= 0.6 is 0 Å². The Hall–Kier alpha value is -3.94. The number of aliphatic hydroxyl groups is 1. The summed E-state index contributed by atoms with van der Waals surface area (Å²) >= 11 is 0. The van der Waals surface area contributed by atoms with E-state index in [-0.39, 0.29) is 6.61 Å². The molecule has 1 nitrogen and oxygen atoms in total. The van der Waals surface area contributed by atoms with E-state index in [1.54, 1.807) is 0 Å². The van der Waals surface area contributed by atoms with Crippen LogP contribution in [0.25, 0.3) is 0 Å². The number of hydrogen-bond acceptors (Lipinski definition) is 1. The lowest BCUT2D eigenvalue weighted by Gasteiger charge is -2.04. The fourth-order valence-electron chi connectivity index (χ4n) is 9.27. The van der Waals surface area contributed by atoms with E-state index in [9.17, 15) is 0 Å². The summed E-state index contributed by atoms with van der Waals surface area (Å²) in [5.41, 5.74) is 22.5. The van der Waals surface area contributed by atoms with E-state index >= 15 is 0 Å². The Morgan fingerprint density at radius 1 is 0.171 bits per heavy atom. The molecule has 0 aliphatic carbocycles. The van der Waals surface area contributed by atoms with Crippen molar-refractivity contribution >= 4 is 0 Å². The summed E-state index contributed by atoms with van der Waals surface area (Å²) in [4.78, 5) is 0. The second kappa shape index (κ2) is 48.2. The maximum Gasteiger partial charge on any atom is 0.0614 e. The van der Waals surface area contributed by atoms with Crippen LogP contribution in [0.2, 0.25) is 0 Å². The third kappa shape index (κ3) is 48.4. The first kappa shape index (κ1) is 72.1. The topological polar surface area (TPSA) is 20.2 Å². The van der Waals surface area contributed by atoms with Crippen molar-refractivity contribution in [2.75, 3.05) is 6.61 Å². The Bertz CT molecular complexity index is 2060. The van der Waals surface area contributed by atoms with E-state index in [2.05, 4.69) is 196 Å². The van der Waals surface area contributed by atoms with Crippen LogP contribution in [0.3, 0.4) is 0 Å². The van der Waals surface area contributed by atoms with Gasteiger partial charge in [0, 0.05) is 0 Å². The lowest BCUT2D eigenvalue weighted by Crippen LogP contribution is -1.84. The first-order chi connectivity index (χ1) is 36.3. The molecule has 0 aliphatic rings. The van der Waals surface area contributed by atoms with Gasteiger partial charge in [-0.1, -0.05) is 175 Å². The van der Waals surface area contributed by atoms with Gasteiger partial charge in [-0.05, 0) is 291 Å². The van der Waals surface area contributed by atoms with E-state index in [0.717, 1.165) is 103 Å². The van der Waals surface area contributed by atoms with Crippen LogP contribution < -0.4 is 0 Å². The summed E-state index contributed by atoms with van der Waals surface area (Å²) < 4.78 is 0. The highest BCUT2D eigenvalue weighted by Crippen LogP contribution is 2.20. The molecule has 0 aromatic heterocycles. The van der Waals surface area contributed by atoms with Gasteiger partial charge in [-0.3, -0.25) is 0 Å². The Morgan fingerprint density at radius 3 is 0.382 bits per heavy atom. The maximum atomic E-state index is 9.02. The molecule has 0 aromatic carbocycles. The van der Waals surface area contributed by atoms with Gasteiger partial charge in [-0.15, -0.1) is 0 Å². The van der Waals surface area contributed by atoms with Gasteiger partial charge < -0.3 is 5.11 Å². The predicted molar refractivity (Wildman–Crippen MR) is 348 cm³/mol. The zero-order valence-corrected chi connectivity index (χ0v) is 53.1. The Labute approximate surface area is 474 Å². The Morgan fingerprint density at radius 2 is 0.276 bits per heavy atom. The molecule has 0 aromatic rings. The fourth-order valence-corrected chi connectivity index (χ4v) is 9.27. The molecule has 0 amide bonds. The van der Waals surface area contributed by atoms with E-state index in [1.807, 2.05) is 6.08 Å². The average Bonchev–Trinajstić information content (AvgIpc) is 3.34. The molecule has 428 valence electrons. The highest BCUT2D eigenvalue weighted by molar-refractivity contribution is 5.13. The summed E-state index contributed by atoms with van der Waals surface area (Å²) in [6.07, 6.45) is 68.5. The second-order valence-corrected chi connectivity index (χ2v) is 23.7. The molecule has 0 radical (unpaired) electrons. The molecule has 0 heterocycles. The van der Waals surface area contributed by atoms with Gasteiger partial charge in [-0.25, -0.2) is 0 Å². The summed E-state index contributed by atoms with van der Waals surface area (Å²) in [6.45, 7) is 36.5. The molecule has 0 bridgehead atoms. The average molecular weight is 1040 g/mol. The van der Waals surface area contributed by atoms with Gasteiger partial charge in [0.1, 0.15) is 0 Å². The van der Waals surface area contributed by atoms with Crippen molar-refractivity contribution in [3.05, 3.63) is 175 Å². The van der Waals surface area contributed by atoms with Crippen LogP contribution in [0, 0.1) is 0 Å². The van der Waals surface area contributed by atoms with Crippen molar-refractivity contribution < 1.29 is 5.11 Å². The summed E-state index contributed by atoms with van der Waals surface area (Å²) in [5.74, 6) is 0. The second-order valence-electron chi connectivity index (χ2n) is 23.7. The van der Waals surface area contributed by atoms with E-state index in [0.29, 0.717) is 0 Å². The number of hydrogen-bond donors (Lipinski definition) is 1. The van der Waals surface area contributed by atoms with Crippen molar-refractivity contribution in [2.45, 2.75) is 291 Å². The van der Waals surface area contributed by atoms with Gasteiger partial charge in [0.25, 0.3) is 0 Å². The smallest absolute Gasteiger partial charge is 0.0614 e. The Balaban J connectivity index is 4.32. The third-order valence-corrected chi connectivity index (χ3v) is 14.9. The highest BCUT2D eigenvalue weighted by Gasteiger charge is 2.00. The zero-order chi connectivity index (χ0) is 56.8. The largest absolute Gasteiger partial charge is 0.392 e. The standard InChI is InChI=1S/C75H122O/c1-61(2)31-17-32-62(3)33-18-34-63(4)35-19-36-64(5)37-20-38-65(6)39-21-40-66(7)41-22-42-67(8)43-23-44-68(9)45-24-46-69(10)47-25-48-70(11)49-26-50-71(12)51-27-52-72(13)53-28-54-73(14)55-29-56-74(15)57-30-58-75(16)59-60-76/h31,33,35,37,39,41,43,45,47,49,51,53,55,57,59,76H,17-30,32,34,36,38,40,42,44,46,48,50,52,54,56,58,60H2,1-16H3. The lowest BCUT2D eigenvalue weighted by molar-refractivity contribution is 0.341.